The van der Waals surface area contributed by atoms with Gasteiger partial charge in [-0.25, -0.2) is 0 Å². The molecular weight excluding hydrogens is 290 g/mol. The third-order valence-electron chi connectivity index (χ3n) is 4.20. The van der Waals surface area contributed by atoms with E-state index in [2.05, 4.69) is 15.5 Å². The van der Waals surface area contributed by atoms with Crippen LogP contribution in [0.3, 0.4) is 0 Å². The Hall–Kier alpha value is -1.43. The van der Waals surface area contributed by atoms with Crippen LogP contribution < -0.4 is 10.6 Å². The maximum atomic E-state index is 12.0. The highest BCUT2D eigenvalue weighted by atomic mass is 35.5. The summed E-state index contributed by atoms with van der Waals surface area (Å²) in [6.45, 7) is 4.17. The lowest BCUT2D eigenvalue weighted by molar-refractivity contribution is -0.121. The second-order valence-electron chi connectivity index (χ2n) is 5.73. The molecule has 2 aliphatic heterocycles. The molecule has 0 unspecified atom stereocenters. The number of likely N-dealkylation sites (tertiary alicyclic amines) is 1. The molecule has 2 N–H and O–H groups in total. The molecule has 0 aliphatic carbocycles. The van der Waals surface area contributed by atoms with Gasteiger partial charge in [0.1, 0.15) is 0 Å². The van der Waals surface area contributed by atoms with Gasteiger partial charge in [0.05, 0.1) is 17.1 Å². The molecule has 2 atom stereocenters. The second kappa shape index (κ2) is 6.13. The fourth-order valence-electron chi connectivity index (χ4n) is 3.16. The molecule has 112 valence electrons. The molecule has 2 heterocycles. The first-order valence-electron chi connectivity index (χ1n) is 7.15. The van der Waals surface area contributed by atoms with Crippen molar-refractivity contribution in [2.75, 3.05) is 32.7 Å². The summed E-state index contributed by atoms with van der Waals surface area (Å²) in [6.07, 6.45) is 0. The van der Waals surface area contributed by atoms with E-state index in [1.54, 1.807) is 24.3 Å². The van der Waals surface area contributed by atoms with Crippen LogP contribution in [0.2, 0.25) is 5.02 Å². The van der Waals surface area contributed by atoms with E-state index < -0.39 is 5.91 Å². The van der Waals surface area contributed by atoms with Crippen molar-refractivity contribution in [1.29, 1.82) is 0 Å². The van der Waals surface area contributed by atoms with Crippen LogP contribution in [0.5, 0.6) is 0 Å². The lowest BCUT2D eigenvalue weighted by Gasteiger charge is -2.16. The molecule has 3 rings (SSSR count). The van der Waals surface area contributed by atoms with E-state index in [4.69, 9.17) is 11.6 Å². The van der Waals surface area contributed by atoms with E-state index in [1.165, 1.54) is 0 Å². The molecule has 6 heteroatoms. The standard InChI is InChI=1S/C15H18ClN3O2/c16-13-4-2-1-3-12(13)15(21)18-14(20)9-19-7-10-5-17-6-11(10)8-19/h1-4,10-11,17H,5-9H2,(H,18,20,21)/t10-,11+. The maximum absolute atomic E-state index is 12.0. The first-order chi connectivity index (χ1) is 10.1. The predicted molar refractivity (Wildman–Crippen MR) is 80.2 cm³/mol. The molecule has 2 amide bonds. The van der Waals surface area contributed by atoms with Crippen molar-refractivity contribution >= 4 is 23.4 Å². The highest BCUT2D eigenvalue weighted by molar-refractivity contribution is 6.34. The van der Waals surface area contributed by atoms with Gasteiger partial charge < -0.3 is 5.32 Å². The Balaban J connectivity index is 1.53. The van der Waals surface area contributed by atoms with Crippen LogP contribution in [0.4, 0.5) is 0 Å². The summed E-state index contributed by atoms with van der Waals surface area (Å²) < 4.78 is 0. The lowest BCUT2D eigenvalue weighted by Crippen LogP contribution is -2.40. The number of carbonyl (C=O) groups is 2. The Morgan fingerprint density at radius 3 is 2.57 bits per heavy atom. The average molecular weight is 308 g/mol. The number of amides is 2. The van der Waals surface area contributed by atoms with Crippen LogP contribution in [0, 0.1) is 11.8 Å². The molecule has 1 aromatic carbocycles. The molecule has 2 saturated heterocycles. The number of carbonyl (C=O) groups excluding carboxylic acids is 2. The zero-order valence-corrected chi connectivity index (χ0v) is 12.4. The van der Waals surface area contributed by atoms with Crippen LogP contribution in [0.1, 0.15) is 10.4 Å². The highest BCUT2D eigenvalue weighted by Crippen LogP contribution is 2.25. The topological polar surface area (TPSA) is 61.4 Å². The van der Waals surface area contributed by atoms with Crippen LogP contribution in [0.25, 0.3) is 0 Å². The number of nitrogens with one attached hydrogen (secondary N) is 2. The van der Waals surface area contributed by atoms with E-state index in [0.29, 0.717) is 22.4 Å². The van der Waals surface area contributed by atoms with Gasteiger partial charge in [-0.15, -0.1) is 0 Å². The molecule has 2 aliphatic rings. The fourth-order valence-corrected chi connectivity index (χ4v) is 3.39. The van der Waals surface area contributed by atoms with E-state index in [1.807, 2.05) is 0 Å². The molecule has 0 saturated carbocycles. The third-order valence-corrected chi connectivity index (χ3v) is 4.53. The van der Waals surface area contributed by atoms with Crippen molar-refractivity contribution in [3.63, 3.8) is 0 Å². The lowest BCUT2D eigenvalue weighted by atomic mass is 10.0. The van der Waals surface area contributed by atoms with Gasteiger partial charge in [0.15, 0.2) is 0 Å². The molecule has 0 spiro atoms. The number of halogens is 1. The summed E-state index contributed by atoms with van der Waals surface area (Å²) in [7, 11) is 0. The van der Waals surface area contributed by atoms with Crippen molar-refractivity contribution < 1.29 is 9.59 Å². The number of imide groups is 1. The molecule has 21 heavy (non-hydrogen) atoms. The number of hydrogen-bond acceptors (Lipinski definition) is 4. The van der Waals surface area contributed by atoms with Gasteiger partial charge in [0, 0.05) is 13.1 Å². The molecule has 0 aromatic heterocycles. The minimum Gasteiger partial charge on any atom is -0.316 e. The summed E-state index contributed by atoms with van der Waals surface area (Å²) in [4.78, 5) is 26.1. The van der Waals surface area contributed by atoms with Crippen LogP contribution in [0.15, 0.2) is 24.3 Å². The molecule has 0 radical (unpaired) electrons. The summed E-state index contributed by atoms with van der Waals surface area (Å²) in [5, 5.41) is 6.12. The summed E-state index contributed by atoms with van der Waals surface area (Å²) in [5.41, 5.74) is 0.329. The highest BCUT2D eigenvalue weighted by Gasteiger charge is 2.36. The van der Waals surface area contributed by atoms with E-state index in [0.717, 1.165) is 26.2 Å². The summed E-state index contributed by atoms with van der Waals surface area (Å²) in [5.74, 6) is 0.564. The van der Waals surface area contributed by atoms with Gasteiger partial charge >= 0.3 is 0 Å². The van der Waals surface area contributed by atoms with Crippen molar-refractivity contribution in [2.45, 2.75) is 0 Å². The van der Waals surface area contributed by atoms with Gasteiger partial charge in [-0.2, -0.15) is 0 Å². The Morgan fingerprint density at radius 1 is 1.24 bits per heavy atom. The fraction of sp³-hybridized carbons (Fsp3) is 0.467. The zero-order valence-electron chi connectivity index (χ0n) is 11.6. The minimum absolute atomic E-state index is 0.267. The molecular formula is C15H18ClN3O2. The Bertz CT molecular complexity index is 552. The average Bonchev–Trinajstić information content (AvgIpc) is 2.99. The quantitative estimate of drug-likeness (QED) is 0.865. The summed E-state index contributed by atoms with van der Waals surface area (Å²) >= 11 is 5.95. The zero-order chi connectivity index (χ0) is 14.8. The van der Waals surface area contributed by atoms with Crippen molar-refractivity contribution in [1.82, 2.24) is 15.5 Å². The van der Waals surface area contributed by atoms with Gasteiger partial charge in [0.25, 0.3) is 5.91 Å². The molecule has 2 fully saturated rings. The van der Waals surface area contributed by atoms with Crippen molar-refractivity contribution in [2.24, 2.45) is 11.8 Å². The Morgan fingerprint density at radius 2 is 1.90 bits per heavy atom. The molecule has 5 nitrogen and oxygen atoms in total. The van der Waals surface area contributed by atoms with Gasteiger partial charge in [-0.05, 0) is 37.1 Å². The minimum atomic E-state index is -0.438. The Labute approximate surface area is 128 Å². The maximum Gasteiger partial charge on any atom is 0.259 e. The van der Waals surface area contributed by atoms with E-state index in [-0.39, 0.29) is 12.5 Å². The van der Waals surface area contributed by atoms with Gasteiger partial charge in [-0.3, -0.25) is 19.8 Å². The first kappa shape index (κ1) is 14.5. The number of hydrogen-bond donors (Lipinski definition) is 2. The van der Waals surface area contributed by atoms with Gasteiger partial charge in [-0.1, -0.05) is 23.7 Å². The first-order valence-corrected chi connectivity index (χ1v) is 7.53. The number of nitrogens with zero attached hydrogens (tertiary/aromatic N) is 1. The van der Waals surface area contributed by atoms with Crippen LogP contribution >= 0.6 is 11.6 Å². The normalized spacial score (nSPS) is 24.8. The largest absolute Gasteiger partial charge is 0.316 e. The number of rotatable bonds is 3. The smallest absolute Gasteiger partial charge is 0.259 e. The van der Waals surface area contributed by atoms with E-state index >= 15 is 0 Å². The predicted octanol–water partition coefficient (Wildman–Crippen LogP) is 0.748. The summed E-state index contributed by atoms with van der Waals surface area (Å²) in [6, 6.07) is 6.71. The Kier molecular flexibility index (Phi) is 4.24. The van der Waals surface area contributed by atoms with Crippen LogP contribution in [-0.4, -0.2) is 49.4 Å². The van der Waals surface area contributed by atoms with Crippen molar-refractivity contribution in [3.05, 3.63) is 34.9 Å². The second-order valence-corrected chi connectivity index (χ2v) is 6.14. The molecule has 1 aromatic rings. The number of benzene rings is 1. The SMILES string of the molecule is O=C(CN1C[C@H]2CNC[C@H]2C1)NC(=O)c1ccccc1Cl. The van der Waals surface area contributed by atoms with Crippen molar-refractivity contribution in [3.8, 4) is 0 Å². The molecule has 0 bridgehead atoms. The monoisotopic (exact) mass is 307 g/mol. The number of fused-ring (bicyclic) bond motifs is 1. The van der Waals surface area contributed by atoms with Gasteiger partial charge in [0.2, 0.25) is 5.91 Å². The third kappa shape index (κ3) is 3.26. The van der Waals surface area contributed by atoms with E-state index in [9.17, 15) is 9.59 Å². The van der Waals surface area contributed by atoms with Crippen LogP contribution in [-0.2, 0) is 4.79 Å².